The molecule has 0 aliphatic carbocycles. The molecule has 0 bridgehead atoms. The summed E-state index contributed by atoms with van der Waals surface area (Å²) in [4.78, 5) is 0. The second-order valence-corrected chi connectivity index (χ2v) is 4.05. The molecule has 4 nitrogen and oxygen atoms in total. The highest BCUT2D eigenvalue weighted by Crippen LogP contribution is 2.15. The Morgan fingerprint density at radius 1 is 1.24 bits per heavy atom. The molecule has 1 aromatic carbocycles. The van der Waals surface area contributed by atoms with E-state index in [9.17, 15) is 0 Å². The molecule has 1 N–H and O–H groups in total. The number of rotatable bonds is 5. The van der Waals surface area contributed by atoms with E-state index in [2.05, 4.69) is 34.6 Å². The molecule has 90 valence electrons. The van der Waals surface area contributed by atoms with Crippen molar-refractivity contribution in [3.8, 4) is 0 Å². The van der Waals surface area contributed by atoms with Crippen LogP contribution in [0.3, 0.4) is 0 Å². The van der Waals surface area contributed by atoms with Gasteiger partial charge in [0.15, 0.2) is 0 Å². The number of hydrogen-bond donors (Lipinski definition) is 1. The van der Waals surface area contributed by atoms with Gasteiger partial charge in [0, 0.05) is 13.0 Å². The lowest BCUT2D eigenvalue weighted by Gasteiger charge is -2.11. The minimum atomic E-state index is 0.410. The van der Waals surface area contributed by atoms with E-state index in [1.807, 2.05) is 25.1 Å². The van der Waals surface area contributed by atoms with Crippen LogP contribution in [0.2, 0.25) is 0 Å². The SMILES string of the molecule is CCc1nnc(NC[C@@H](C)c2ccccc2)o1. The van der Waals surface area contributed by atoms with E-state index < -0.39 is 0 Å². The van der Waals surface area contributed by atoms with Crippen molar-refractivity contribution in [1.82, 2.24) is 10.2 Å². The lowest BCUT2D eigenvalue weighted by atomic mass is 10.0. The van der Waals surface area contributed by atoms with Crippen molar-refractivity contribution in [1.29, 1.82) is 0 Å². The number of benzene rings is 1. The first-order valence-electron chi connectivity index (χ1n) is 5.90. The summed E-state index contributed by atoms with van der Waals surface area (Å²) in [5.41, 5.74) is 1.30. The number of aryl methyl sites for hydroxylation is 1. The predicted molar refractivity (Wildman–Crippen MR) is 67.0 cm³/mol. The van der Waals surface area contributed by atoms with Crippen molar-refractivity contribution < 1.29 is 4.42 Å². The molecular weight excluding hydrogens is 214 g/mol. The van der Waals surface area contributed by atoms with Crippen molar-refractivity contribution >= 4 is 6.01 Å². The van der Waals surface area contributed by atoms with Crippen LogP contribution in [-0.4, -0.2) is 16.7 Å². The first-order chi connectivity index (χ1) is 8.29. The van der Waals surface area contributed by atoms with Crippen LogP contribution in [0.5, 0.6) is 0 Å². The van der Waals surface area contributed by atoms with Crippen molar-refractivity contribution in [2.75, 3.05) is 11.9 Å². The summed E-state index contributed by atoms with van der Waals surface area (Å²) >= 11 is 0. The molecule has 1 aromatic heterocycles. The van der Waals surface area contributed by atoms with Gasteiger partial charge in [0.1, 0.15) is 0 Å². The molecule has 0 fully saturated rings. The molecule has 1 heterocycles. The Bertz CT molecular complexity index is 453. The predicted octanol–water partition coefficient (Wildman–Crippen LogP) is 2.85. The highest BCUT2D eigenvalue weighted by molar-refractivity contribution is 5.23. The third kappa shape index (κ3) is 3.06. The largest absolute Gasteiger partial charge is 0.408 e. The Labute approximate surface area is 101 Å². The van der Waals surface area contributed by atoms with Crippen molar-refractivity contribution in [2.45, 2.75) is 26.2 Å². The van der Waals surface area contributed by atoms with E-state index in [0.717, 1.165) is 13.0 Å². The van der Waals surface area contributed by atoms with Crippen LogP contribution < -0.4 is 5.32 Å². The molecular formula is C13H17N3O. The van der Waals surface area contributed by atoms with E-state index in [0.29, 0.717) is 17.8 Å². The minimum Gasteiger partial charge on any atom is -0.408 e. The molecule has 0 radical (unpaired) electrons. The van der Waals surface area contributed by atoms with Crippen LogP contribution in [0.15, 0.2) is 34.7 Å². The van der Waals surface area contributed by atoms with Crippen molar-refractivity contribution in [3.05, 3.63) is 41.8 Å². The summed E-state index contributed by atoms with van der Waals surface area (Å²) in [6.07, 6.45) is 0.767. The fourth-order valence-electron chi connectivity index (χ4n) is 1.61. The van der Waals surface area contributed by atoms with Crippen molar-refractivity contribution in [2.24, 2.45) is 0 Å². The van der Waals surface area contributed by atoms with E-state index in [1.165, 1.54) is 5.56 Å². The molecule has 0 amide bonds. The van der Waals surface area contributed by atoms with Gasteiger partial charge in [-0.2, -0.15) is 0 Å². The molecule has 0 aliphatic heterocycles. The Morgan fingerprint density at radius 3 is 2.65 bits per heavy atom. The summed E-state index contributed by atoms with van der Waals surface area (Å²) < 4.78 is 5.39. The summed E-state index contributed by atoms with van der Waals surface area (Å²) in [7, 11) is 0. The summed E-state index contributed by atoms with van der Waals surface area (Å²) in [5, 5.41) is 11.0. The maximum Gasteiger partial charge on any atom is 0.315 e. The number of anilines is 1. The maximum absolute atomic E-state index is 5.39. The lowest BCUT2D eigenvalue weighted by Crippen LogP contribution is -2.09. The average Bonchev–Trinajstić information content (AvgIpc) is 2.85. The van der Waals surface area contributed by atoms with Crippen LogP contribution in [0.1, 0.15) is 31.2 Å². The fourth-order valence-corrected chi connectivity index (χ4v) is 1.61. The van der Waals surface area contributed by atoms with Gasteiger partial charge >= 0.3 is 6.01 Å². The van der Waals surface area contributed by atoms with Gasteiger partial charge in [-0.25, -0.2) is 0 Å². The number of nitrogens with one attached hydrogen (secondary N) is 1. The monoisotopic (exact) mass is 231 g/mol. The highest BCUT2D eigenvalue weighted by Gasteiger charge is 2.07. The molecule has 2 aromatic rings. The van der Waals surface area contributed by atoms with E-state index in [1.54, 1.807) is 0 Å². The summed E-state index contributed by atoms with van der Waals surface area (Å²) in [5.74, 6) is 1.08. The molecule has 0 unspecified atom stereocenters. The summed E-state index contributed by atoms with van der Waals surface area (Å²) in [6, 6.07) is 10.9. The van der Waals surface area contributed by atoms with Gasteiger partial charge in [0.25, 0.3) is 0 Å². The van der Waals surface area contributed by atoms with E-state index in [-0.39, 0.29) is 0 Å². The van der Waals surface area contributed by atoms with Crippen molar-refractivity contribution in [3.63, 3.8) is 0 Å². The highest BCUT2D eigenvalue weighted by atomic mass is 16.4. The Kier molecular flexibility index (Phi) is 3.75. The number of nitrogens with zero attached hydrogens (tertiary/aromatic N) is 2. The first kappa shape index (κ1) is 11.6. The smallest absolute Gasteiger partial charge is 0.315 e. The Morgan fingerprint density at radius 2 is 2.00 bits per heavy atom. The molecule has 1 atom stereocenters. The second kappa shape index (κ2) is 5.48. The van der Waals surface area contributed by atoms with Crippen LogP contribution in [0.25, 0.3) is 0 Å². The summed E-state index contributed by atoms with van der Waals surface area (Å²) in [6.45, 7) is 4.94. The van der Waals surface area contributed by atoms with Crippen LogP contribution >= 0.6 is 0 Å². The second-order valence-electron chi connectivity index (χ2n) is 4.05. The van der Waals surface area contributed by atoms with Gasteiger partial charge < -0.3 is 9.73 Å². The average molecular weight is 231 g/mol. The van der Waals surface area contributed by atoms with Gasteiger partial charge in [-0.15, -0.1) is 5.10 Å². The van der Waals surface area contributed by atoms with Gasteiger partial charge in [-0.1, -0.05) is 49.3 Å². The molecule has 17 heavy (non-hydrogen) atoms. The maximum atomic E-state index is 5.39. The van der Waals surface area contributed by atoms with Gasteiger partial charge in [0.05, 0.1) is 0 Å². The minimum absolute atomic E-state index is 0.410. The Hall–Kier alpha value is -1.84. The molecule has 0 saturated heterocycles. The quantitative estimate of drug-likeness (QED) is 0.859. The molecule has 2 rings (SSSR count). The van der Waals surface area contributed by atoms with Gasteiger partial charge in [0.2, 0.25) is 5.89 Å². The normalized spacial score (nSPS) is 12.4. The van der Waals surface area contributed by atoms with E-state index >= 15 is 0 Å². The third-order valence-corrected chi connectivity index (χ3v) is 2.70. The Balaban J connectivity index is 1.90. The lowest BCUT2D eigenvalue weighted by molar-refractivity contribution is 0.510. The molecule has 0 aliphatic rings. The zero-order valence-corrected chi connectivity index (χ0v) is 10.2. The van der Waals surface area contributed by atoms with Gasteiger partial charge in [-0.05, 0) is 11.5 Å². The molecule has 4 heteroatoms. The van der Waals surface area contributed by atoms with Crippen LogP contribution in [0, 0.1) is 0 Å². The molecule has 0 spiro atoms. The number of aromatic nitrogens is 2. The van der Waals surface area contributed by atoms with Crippen LogP contribution in [0.4, 0.5) is 6.01 Å². The van der Waals surface area contributed by atoms with Crippen LogP contribution in [-0.2, 0) is 6.42 Å². The first-order valence-corrected chi connectivity index (χ1v) is 5.90. The zero-order valence-electron chi connectivity index (χ0n) is 10.2. The third-order valence-electron chi connectivity index (χ3n) is 2.70. The zero-order chi connectivity index (χ0) is 12.1. The molecule has 0 saturated carbocycles. The van der Waals surface area contributed by atoms with Gasteiger partial charge in [-0.3, -0.25) is 0 Å². The number of hydrogen-bond acceptors (Lipinski definition) is 4. The van der Waals surface area contributed by atoms with E-state index in [4.69, 9.17) is 4.42 Å². The topological polar surface area (TPSA) is 51.0 Å². The standard InChI is InChI=1S/C13H17N3O/c1-3-12-15-16-13(17-12)14-9-10(2)11-7-5-4-6-8-11/h4-8,10H,3,9H2,1-2H3,(H,14,16)/t10-/m1/s1. The fraction of sp³-hybridized carbons (Fsp3) is 0.385.